The minimum atomic E-state index is 0.0165. The Morgan fingerprint density at radius 3 is 2.43 bits per heavy atom. The number of fused-ring (bicyclic) bond motifs is 1. The van der Waals surface area contributed by atoms with Crippen molar-refractivity contribution in [2.75, 3.05) is 10.2 Å². The molecule has 0 aliphatic carbocycles. The summed E-state index contributed by atoms with van der Waals surface area (Å²) < 4.78 is 1.04. The van der Waals surface area contributed by atoms with Crippen LogP contribution < -0.4 is 10.2 Å². The number of hydrogen-bond donors (Lipinski definition) is 1. The Labute approximate surface area is 173 Å². The Morgan fingerprint density at radius 2 is 1.75 bits per heavy atom. The fourth-order valence-corrected chi connectivity index (χ4v) is 4.06. The van der Waals surface area contributed by atoms with Crippen LogP contribution in [0.4, 0.5) is 17.3 Å². The maximum absolute atomic E-state index is 13.1. The molecule has 4 rings (SSSR count). The molecule has 0 radical (unpaired) electrons. The highest BCUT2D eigenvalue weighted by Crippen LogP contribution is 2.35. The van der Waals surface area contributed by atoms with Crippen molar-refractivity contribution < 1.29 is 4.79 Å². The van der Waals surface area contributed by atoms with Gasteiger partial charge in [0.05, 0.1) is 0 Å². The average molecular weight is 437 g/mol. The molecule has 0 unspecified atom stereocenters. The molecule has 0 bridgehead atoms. The van der Waals surface area contributed by atoms with Crippen molar-refractivity contribution in [2.45, 2.75) is 33.2 Å². The second kappa shape index (κ2) is 7.36. The van der Waals surface area contributed by atoms with Gasteiger partial charge in [-0.25, -0.2) is 9.97 Å². The number of carbonyl (C=O) groups excluding carboxylic acids is 1. The molecule has 0 fully saturated rings. The number of anilines is 3. The Hall–Kier alpha value is -2.73. The maximum atomic E-state index is 13.1. The zero-order valence-corrected chi connectivity index (χ0v) is 17.6. The number of nitrogens with zero attached hydrogens (tertiary/aromatic N) is 3. The fourth-order valence-electron chi connectivity index (χ4n) is 3.66. The van der Waals surface area contributed by atoms with Gasteiger partial charge in [0.25, 0.3) is 5.91 Å². The lowest BCUT2D eigenvalue weighted by molar-refractivity contribution is 0.0981. The van der Waals surface area contributed by atoms with Crippen molar-refractivity contribution in [3.05, 3.63) is 75.5 Å². The number of benzene rings is 2. The van der Waals surface area contributed by atoms with Crippen LogP contribution in [0.5, 0.6) is 0 Å². The number of amides is 1. The average Bonchev–Trinajstić information content (AvgIpc) is 2.95. The molecule has 2 heterocycles. The van der Waals surface area contributed by atoms with Gasteiger partial charge in [-0.3, -0.25) is 4.79 Å². The highest BCUT2D eigenvalue weighted by molar-refractivity contribution is 9.10. The zero-order chi connectivity index (χ0) is 19.8. The Morgan fingerprint density at radius 1 is 1.07 bits per heavy atom. The summed E-state index contributed by atoms with van der Waals surface area (Å²) in [6.45, 7) is 5.96. The Bertz CT molecular complexity index is 1030. The van der Waals surface area contributed by atoms with E-state index in [4.69, 9.17) is 0 Å². The summed E-state index contributed by atoms with van der Waals surface area (Å²) >= 11 is 3.51. The molecule has 28 heavy (non-hydrogen) atoms. The summed E-state index contributed by atoms with van der Waals surface area (Å²) in [7, 11) is 0. The summed E-state index contributed by atoms with van der Waals surface area (Å²) in [6, 6.07) is 15.6. The molecule has 6 heteroatoms. The lowest BCUT2D eigenvalue weighted by Gasteiger charge is -2.23. The highest BCUT2D eigenvalue weighted by atomic mass is 79.9. The third-order valence-corrected chi connectivity index (χ3v) is 5.34. The molecule has 3 aromatic rings. The van der Waals surface area contributed by atoms with E-state index in [1.165, 1.54) is 5.56 Å². The Kier molecular flexibility index (Phi) is 4.89. The first kappa shape index (κ1) is 18.6. The summed E-state index contributed by atoms with van der Waals surface area (Å²) in [5.74, 6) is 0.576. The SMILES string of the molecule is Cc1cc(C)nc(Nc2ccc(C(=O)N3c4ccc(Br)cc4C[C@@H]3C)cc2)n1. The van der Waals surface area contributed by atoms with Gasteiger partial charge in [0.1, 0.15) is 0 Å². The van der Waals surface area contributed by atoms with Crippen molar-refractivity contribution in [3.63, 3.8) is 0 Å². The molecule has 1 atom stereocenters. The quantitative estimate of drug-likeness (QED) is 0.613. The molecule has 0 spiro atoms. The van der Waals surface area contributed by atoms with E-state index < -0.39 is 0 Å². The van der Waals surface area contributed by atoms with E-state index in [1.807, 2.05) is 61.2 Å². The molecule has 1 aliphatic heterocycles. The number of nitrogens with one attached hydrogen (secondary N) is 1. The van der Waals surface area contributed by atoms with Crippen molar-refractivity contribution in [3.8, 4) is 0 Å². The van der Waals surface area contributed by atoms with E-state index in [-0.39, 0.29) is 11.9 Å². The number of aryl methyl sites for hydroxylation is 2. The largest absolute Gasteiger partial charge is 0.324 e. The first-order chi connectivity index (χ1) is 13.4. The highest BCUT2D eigenvalue weighted by Gasteiger charge is 2.31. The van der Waals surface area contributed by atoms with Crippen LogP contribution in [0.25, 0.3) is 0 Å². The second-order valence-corrected chi connectivity index (χ2v) is 8.09. The monoisotopic (exact) mass is 436 g/mol. The topological polar surface area (TPSA) is 58.1 Å². The van der Waals surface area contributed by atoms with E-state index in [0.717, 1.165) is 33.7 Å². The van der Waals surface area contributed by atoms with Crippen LogP contribution in [0.3, 0.4) is 0 Å². The lowest BCUT2D eigenvalue weighted by atomic mass is 10.1. The summed E-state index contributed by atoms with van der Waals surface area (Å²) in [5.41, 5.74) is 5.52. The van der Waals surface area contributed by atoms with Crippen LogP contribution >= 0.6 is 15.9 Å². The van der Waals surface area contributed by atoms with Gasteiger partial charge in [0.2, 0.25) is 5.95 Å². The van der Waals surface area contributed by atoms with Crippen LogP contribution in [0.1, 0.15) is 34.2 Å². The van der Waals surface area contributed by atoms with Crippen molar-refractivity contribution in [2.24, 2.45) is 0 Å². The number of rotatable bonds is 3. The van der Waals surface area contributed by atoms with Gasteiger partial charge in [0, 0.05) is 38.8 Å². The molecule has 0 saturated heterocycles. The smallest absolute Gasteiger partial charge is 0.258 e. The first-order valence-electron chi connectivity index (χ1n) is 9.22. The van der Waals surface area contributed by atoms with Gasteiger partial charge in [-0.2, -0.15) is 0 Å². The molecule has 1 amide bonds. The molecular formula is C22H21BrN4O. The number of hydrogen-bond acceptors (Lipinski definition) is 4. The minimum absolute atomic E-state index is 0.0165. The van der Waals surface area contributed by atoms with E-state index >= 15 is 0 Å². The van der Waals surface area contributed by atoms with E-state index in [9.17, 15) is 4.79 Å². The van der Waals surface area contributed by atoms with Crippen molar-refractivity contribution in [1.29, 1.82) is 0 Å². The van der Waals surface area contributed by atoms with Crippen LogP contribution in [-0.4, -0.2) is 21.9 Å². The molecule has 1 aromatic heterocycles. The van der Waals surface area contributed by atoms with Gasteiger partial charge in [-0.05, 0) is 81.3 Å². The molecule has 5 nitrogen and oxygen atoms in total. The predicted octanol–water partition coefficient (Wildman–Crippen LogP) is 5.19. The molecule has 142 valence electrons. The third kappa shape index (κ3) is 3.64. The second-order valence-electron chi connectivity index (χ2n) is 7.18. The minimum Gasteiger partial charge on any atom is -0.324 e. The number of carbonyl (C=O) groups is 1. The van der Waals surface area contributed by atoms with Gasteiger partial charge >= 0.3 is 0 Å². The van der Waals surface area contributed by atoms with E-state index in [0.29, 0.717) is 11.5 Å². The van der Waals surface area contributed by atoms with Crippen LogP contribution in [-0.2, 0) is 6.42 Å². The third-order valence-electron chi connectivity index (χ3n) is 4.85. The van der Waals surface area contributed by atoms with Crippen molar-refractivity contribution >= 4 is 39.2 Å². The number of halogens is 1. The molecule has 1 N–H and O–H groups in total. The summed E-state index contributed by atoms with van der Waals surface area (Å²) in [4.78, 5) is 23.8. The van der Waals surface area contributed by atoms with Crippen molar-refractivity contribution in [1.82, 2.24) is 9.97 Å². The van der Waals surface area contributed by atoms with Crippen LogP contribution in [0.2, 0.25) is 0 Å². The van der Waals surface area contributed by atoms with Gasteiger partial charge in [0.15, 0.2) is 0 Å². The summed E-state index contributed by atoms with van der Waals surface area (Å²) in [5, 5.41) is 3.20. The molecule has 1 aliphatic rings. The first-order valence-corrected chi connectivity index (χ1v) is 10.0. The fraction of sp³-hybridized carbons (Fsp3) is 0.227. The standard InChI is InChI=1S/C22H21BrN4O/c1-13-10-14(2)25-22(24-13)26-19-7-4-16(5-8-19)21(28)27-15(3)11-17-12-18(23)6-9-20(17)27/h4-10,12,15H,11H2,1-3H3,(H,24,25,26)/t15-/m0/s1. The van der Waals surface area contributed by atoms with E-state index in [1.54, 1.807) is 0 Å². The normalized spacial score (nSPS) is 15.4. The number of aromatic nitrogens is 2. The van der Waals surface area contributed by atoms with Gasteiger partial charge in [-0.15, -0.1) is 0 Å². The zero-order valence-electron chi connectivity index (χ0n) is 16.0. The van der Waals surface area contributed by atoms with Crippen LogP contribution in [0.15, 0.2) is 53.0 Å². The maximum Gasteiger partial charge on any atom is 0.258 e. The molecular weight excluding hydrogens is 416 g/mol. The summed E-state index contributed by atoms with van der Waals surface area (Å²) in [6.07, 6.45) is 0.865. The molecule has 2 aromatic carbocycles. The Balaban J connectivity index is 1.55. The lowest BCUT2D eigenvalue weighted by Crippen LogP contribution is -2.35. The van der Waals surface area contributed by atoms with E-state index in [2.05, 4.69) is 44.2 Å². The van der Waals surface area contributed by atoms with Gasteiger partial charge in [-0.1, -0.05) is 15.9 Å². The molecule has 0 saturated carbocycles. The van der Waals surface area contributed by atoms with Gasteiger partial charge < -0.3 is 10.2 Å². The predicted molar refractivity (Wildman–Crippen MR) is 115 cm³/mol. The van der Waals surface area contributed by atoms with Crippen LogP contribution in [0, 0.1) is 13.8 Å².